The minimum Gasteiger partial charge on any atom is -0.381 e. The van der Waals surface area contributed by atoms with E-state index >= 15 is 0 Å². The maximum atomic E-state index is 12.1. The van der Waals surface area contributed by atoms with Gasteiger partial charge < -0.3 is 20.3 Å². The molecule has 1 aliphatic carbocycles. The average Bonchev–Trinajstić information content (AvgIpc) is 2.70. The molecular formula is C21H40N4O2. The third kappa shape index (κ3) is 8.96. The van der Waals surface area contributed by atoms with Crippen molar-refractivity contribution >= 4 is 11.9 Å². The van der Waals surface area contributed by atoms with Gasteiger partial charge in [-0.15, -0.1) is 0 Å². The molecule has 0 radical (unpaired) electrons. The number of rotatable bonds is 9. The van der Waals surface area contributed by atoms with Crippen LogP contribution in [-0.4, -0.2) is 63.2 Å². The van der Waals surface area contributed by atoms with Crippen LogP contribution in [0, 0.1) is 11.8 Å². The highest BCUT2D eigenvalue weighted by molar-refractivity contribution is 5.79. The molecule has 0 bridgehead atoms. The number of nitrogens with one attached hydrogen (secondary N) is 2. The van der Waals surface area contributed by atoms with E-state index in [2.05, 4.69) is 34.5 Å². The summed E-state index contributed by atoms with van der Waals surface area (Å²) in [5.41, 5.74) is 0. The van der Waals surface area contributed by atoms with Crippen molar-refractivity contribution in [3.8, 4) is 0 Å². The first-order valence-corrected chi connectivity index (χ1v) is 11.0. The summed E-state index contributed by atoms with van der Waals surface area (Å²) in [5.74, 6) is 2.49. The first-order chi connectivity index (χ1) is 13.2. The Morgan fingerprint density at radius 1 is 1.07 bits per heavy atom. The van der Waals surface area contributed by atoms with E-state index in [1.165, 1.54) is 51.4 Å². The van der Waals surface area contributed by atoms with Crippen LogP contribution in [0.15, 0.2) is 4.99 Å². The highest BCUT2D eigenvalue weighted by atomic mass is 16.5. The number of nitrogens with zero attached hydrogens (tertiary/aromatic N) is 2. The monoisotopic (exact) mass is 380 g/mol. The minimum absolute atomic E-state index is 0.190. The average molecular weight is 381 g/mol. The Labute approximate surface area is 165 Å². The lowest BCUT2D eigenvalue weighted by Gasteiger charge is -2.27. The number of hydrogen-bond donors (Lipinski definition) is 2. The van der Waals surface area contributed by atoms with Gasteiger partial charge in [0.15, 0.2) is 5.96 Å². The van der Waals surface area contributed by atoms with Gasteiger partial charge >= 0.3 is 0 Å². The first kappa shape index (κ1) is 22.0. The van der Waals surface area contributed by atoms with E-state index in [0.29, 0.717) is 25.4 Å². The van der Waals surface area contributed by atoms with Gasteiger partial charge in [-0.05, 0) is 50.9 Å². The lowest BCUT2D eigenvalue weighted by Crippen LogP contribution is -2.40. The van der Waals surface area contributed by atoms with Crippen molar-refractivity contribution in [1.29, 1.82) is 0 Å². The summed E-state index contributed by atoms with van der Waals surface area (Å²) in [4.78, 5) is 19.0. The van der Waals surface area contributed by atoms with Crippen molar-refractivity contribution in [2.45, 2.75) is 64.7 Å². The van der Waals surface area contributed by atoms with Gasteiger partial charge in [-0.2, -0.15) is 0 Å². The maximum absolute atomic E-state index is 12.1. The summed E-state index contributed by atoms with van der Waals surface area (Å²) in [6, 6.07) is 0. The fourth-order valence-corrected chi connectivity index (χ4v) is 4.07. The van der Waals surface area contributed by atoms with E-state index in [-0.39, 0.29) is 5.91 Å². The number of carbonyl (C=O) groups is 1. The summed E-state index contributed by atoms with van der Waals surface area (Å²) in [5, 5.41) is 6.41. The highest BCUT2D eigenvalue weighted by Crippen LogP contribution is 2.26. The second-order valence-corrected chi connectivity index (χ2v) is 8.06. The molecule has 1 aliphatic heterocycles. The van der Waals surface area contributed by atoms with Crippen molar-refractivity contribution in [2.24, 2.45) is 16.8 Å². The van der Waals surface area contributed by atoms with E-state index in [4.69, 9.17) is 4.74 Å². The number of carbonyl (C=O) groups excluding carboxylic acids is 1. The van der Waals surface area contributed by atoms with Crippen LogP contribution in [0.4, 0.5) is 0 Å². The van der Waals surface area contributed by atoms with E-state index < -0.39 is 0 Å². The van der Waals surface area contributed by atoms with E-state index in [1.54, 1.807) is 0 Å². The van der Waals surface area contributed by atoms with Crippen LogP contribution >= 0.6 is 0 Å². The largest absolute Gasteiger partial charge is 0.381 e. The van der Waals surface area contributed by atoms with Crippen LogP contribution in [0.5, 0.6) is 0 Å². The van der Waals surface area contributed by atoms with Crippen molar-refractivity contribution < 1.29 is 9.53 Å². The molecule has 1 amide bonds. The van der Waals surface area contributed by atoms with Gasteiger partial charge in [0.1, 0.15) is 0 Å². The molecule has 156 valence electrons. The van der Waals surface area contributed by atoms with Crippen molar-refractivity contribution in [3.05, 3.63) is 0 Å². The van der Waals surface area contributed by atoms with E-state index in [0.717, 1.165) is 38.2 Å². The molecule has 2 fully saturated rings. The third-order valence-electron chi connectivity index (χ3n) is 5.80. The number of hydrogen-bond acceptors (Lipinski definition) is 3. The lowest BCUT2D eigenvalue weighted by molar-refractivity contribution is -0.122. The van der Waals surface area contributed by atoms with Crippen molar-refractivity contribution in [3.63, 3.8) is 0 Å². The summed E-state index contributed by atoms with van der Waals surface area (Å²) in [6.45, 7) is 7.01. The molecule has 0 aromatic carbocycles. The van der Waals surface area contributed by atoms with Crippen LogP contribution in [0.25, 0.3) is 0 Å². The Morgan fingerprint density at radius 3 is 2.52 bits per heavy atom. The van der Waals surface area contributed by atoms with Crippen LogP contribution in [0.3, 0.4) is 0 Å². The summed E-state index contributed by atoms with van der Waals surface area (Å²) in [6.07, 6.45) is 10.6. The first-order valence-electron chi connectivity index (χ1n) is 11.0. The van der Waals surface area contributed by atoms with Gasteiger partial charge in [-0.3, -0.25) is 9.79 Å². The zero-order valence-corrected chi connectivity index (χ0v) is 17.5. The molecule has 2 aliphatic rings. The van der Waals surface area contributed by atoms with E-state index in [1.807, 2.05) is 0 Å². The Hall–Kier alpha value is -1.30. The van der Waals surface area contributed by atoms with Crippen LogP contribution < -0.4 is 10.6 Å². The van der Waals surface area contributed by atoms with Gasteiger partial charge in [0.2, 0.25) is 5.91 Å². The Kier molecular flexibility index (Phi) is 10.6. The molecule has 0 atom stereocenters. The van der Waals surface area contributed by atoms with Gasteiger partial charge in [-0.1, -0.05) is 19.3 Å². The van der Waals surface area contributed by atoms with Gasteiger partial charge in [0.25, 0.3) is 0 Å². The molecule has 1 saturated heterocycles. The summed E-state index contributed by atoms with van der Waals surface area (Å²) < 4.78 is 5.44. The van der Waals surface area contributed by atoms with Gasteiger partial charge in [-0.25, -0.2) is 0 Å². The molecule has 0 aromatic heterocycles. The third-order valence-corrected chi connectivity index (χ3v) is 5.80. The Bertz CT molecular complexity index is 443. The minimum atomic E-state index is 0.190. The number of guanidine groups is 1. The summed E-state index contributed by atoms with van der Waals surface area (Å²) >= 11 is 0. The normalized spacial score (nSPS) is 19.7. The molecule has 2 N–H and O–H groups in total. The van der Waals surface area contributed by atoms with Crippen LogP contribution in [0.1, 0.15) is 64.7 Å². The van der Waals surface area contributed by atoms with Gasteiger partial charge in [0, 0.05) is 46.3 Å². The number of aliphatic imine (C=N–C) groups is 1. The molecule has 1 heterocycles. The second kappa shape index (κ2) is 13.0. The smallest absolute Gasteiger partial charge is 0.220 e. The lowest BCUT2D eigenvalue weighted by atomic mass is 9.87. The molecular weight excluding hydrogens is 340 g/mol. The molecule has 1 saturated carbocycles. The Morgan fingerprint density at radius 2 is 1.81 bits per heavy atom. The van der Waals surface area contributed by atoms with Crippen LogP contribution in [-0.2, 0) is 9.53 Å². The quantitative estimate of drug-likeness (QED) is 0.367. The predicted molar refractivity (Wildman–Crippen MR) is 111 cm³/mol. The fourth-order valence-electron chi connectivity index (χ4n) is 4.07. The van der Waals surface area contributed by atoms with Crippen molar-refractivity contribution in [1.82, 2.24) is 15.5 Å². The molecule has 6 nitrogen and oxygen atoms in total. The summed E-state index contributed by atoms with van der Waals surface area (Å²) in [7, 11) is 2.10. The number of ether oxygens (including phenoxy) is 1. The van der Waals surface area contributed by atoms with Crippen molar-refractivity contribution in [2.75, 3.05) is 46.4 Å². The fraction of sp³-hybridized carbons (Fsp3) is 0.905. The number of amides is 1. The van der Waals surface area contributed by atoms with Crippen LogP contribution in [0.2, 0.25) is 0 Å². The molecule has 6 heteroatoms. The molecule has 0 spiro atoms. The Balaban J connectivity index is 1.65. The second-order valence-electron chi connectivity index (χ2n) is 8.06. The predicted octanol–water partition coefficient (Wildman–Crippen LogP) is 2.79. The maximum Gasteiger partial charge on any atom is 0.220 e. The molecule has 0 aromatic rings. The molecule has 2 rings (SSSR count). The topological polar surface area (TPSA) is 66.0 Å². The van der Waals surface area contributed by atoms with Gasteiger partial charge in [0.05, 0.1) is 6.54 Å². The zero-order valence-electron chi connectivity index (χ0n) is 17.5. The highest BCUT2D eigenvalue weighted by Gasteiger charge is 2.17. The standard InChI is InChI=1S/C21H40N4O2/c1-3-22-21(25(2)14-9-18-10-15-27-16-11-18)24-13-12-23-20(26)17-19-7-5-4-6-8-19/h18-19H,3-17H2,1-2H3,(H,22,24)(H,23,26). The molecule has 0 unspecified atom stereocenters. The SMILES string of the molecule is CCNC(=NCCNC(=O)CC1CCCCC1)N(C)CCC1CCOCC1. The zero-order chi connectivity index (χ0) is 19.3. The van der Waals surface area contributed by atoms with E-state index in [9.17, 15) is 4.79 Å². The molecule has 27 heavy (non-hydrogen) atoms.